The highest BCUT2D eigenvalue weighted by Gasteiger charge is 2.28. The number of hydrogen-bond donors (Lipinski definition) is 1. The molecule has 8 nitrogen and oxygen atoms in total. The number of ether oxygens (including phenoxy) is 2. The monoisotopic (exact) mass is 479 g/mol. The number of nitrogens with zero attached hydrogens (tertiary/aromatic N) is 2. The summed E-state index contributed by atoms with van der Waals surface area (Å²) < 4.78 is 38.4. The Morgan fingerprint density at radius 2 is 1.72 bits per heavy atom. The molecule has 0 aliphatic carbocycles. The maximum atomic E-state index is 13.1. The number of carbonyl (C=O) groups excluding carboxylic acids is 1. The summed E-state index contributed by atoms with van der Waals surface area (Å²) in [7, 11) is -3.68. The van der Waals surface area contributed by atoms with Crippen LogP contribution >= 0.6 is 11.6 Å². The summed E-state index contributed by atoms with van der Waals surface area (Å²) in [6, 6.07) is 11.6. The molecule has 2 saturated heterocycles. The minimum absolute atomic E-state index is 0.149. The van der Waals surface area contributed by atoms with Crippen LogP contribution in [-0.2, 0) is 19.6 Å². The molecule has 172 valence electrons. The predicted molar refractivity (Wildman–Crippen MR) is 123 cm³/mol. The van der Waals surface area contributed by atoms with E-state index in [1.807, 2.05) is 0 Å². The van der Waals surface area contributed by atoms with Crippen molar-refractivity contribution in [2.45, 2.75) is 17.7 Å². The number of benzene rings is 2. The van der Waals surface area contributed by atoms with Gasteiger partial charge >= 0.3 is 0 Å². The lowest BCUT2D eigenvalue weighted by atomic mass is 10.2. The molecule has 10 heteroatoms. The Kier molecular flexibility index (Phi) is 7.20. The van der Waals surface area contributed by atoms with Crippen molar-refractivity contribution in [3.05, 3.63) is 47.5 Å². The number of morpholine rings is 1. The molecular weight excluding hydrogens is 454 g/mol. The van der Waals surface area contributed by atoms with Crippen molar-refractivity contribution in [1.29, 1.82) is 0 Å². The number of anilines is 2. The molecule has 0 spiro atoms. The smallest absolute Gasteiger partial charge is 0.262 e. The molecule has 32 heavy (non-hydrogen) atoms. The fourth-order valence-electron chi connectivity index (χ4n) is 3.81. The van der Waals surface area contributed by atoms with Crippen LogP contribution in [0.1, 0.15) is 12.8 Å². The average molecular weight is 480 g/mol. The Morgan fingerprint density at radius 3 is 2.41 bits per heavy atom. The molecule has 2 heterocycles. The summed E-state index contributed by atoms with van der Waals surface area (Å²) in [6.45, 7) is 2.88. The number of halogens is 1. The summed E-state index contributed by atoms with van der Waals surface area (Å²) in [6.07, 6.45) is 2.11. The Hall–Kier alpha value is -2.33. The molecule has 0 saturated carbocycles. The van der Waals surface area contributed by atoms with Gasteiger partial charge in [-0.25, -0.2) is 8.42 Å². The highest BCUT2D eigenvalue weighted by molar-refractivity contribution is 7.89. The number of amides is 1. The summed E-state index contributed by atoms with van der Waals surface area (Å²) in [5.41, 5.74) is 1.27. The lowest BCUT2D eigenvalue weighted by molar-refractivity contribution is -0.118. The first kappa shape index (κ1) is 22.8. The molecule has 0 bridgehead atoms. The average Bonchev–Trinajstić information content (AvgIpc) is 3.34. The van der Waals surface area contributed by atoms with Gasteiger partial charge in [0.1, 0.15) is 5.75 Å². The fraction of sp³-hybridized carbons (Fsp3) is 0.409. The van der Waals surface area contributed by atoms with Crippen LogP contribution < -0.4 is 15.0 Å². The van der Waals surface area contributed by atoms with Crippen LogP contribution in [0.2, 0.25) is 5.02 Å². The number of hydrogen-bond acceptors (Lipinski definition) is 6. The van der Waals surface area contributed by atoms with Gasteiger partial charge in [0.25, 0.3) is 5.91 Å². The van der Waals surface area contributed by atoms with E-state index in [9.17, 15) is 13.2 Å². The van der Waals surface area contributed by atoms with Crippen molar-refractivity contribution >= 4 is 38.9 Å². The fourth-order valence-corrected chi connectivity index (χ4v) is 5.37. The standard InChI is InChI=1S/C22H26ClN3O5S/c23-17-3-5-18(6-4-17)31-16-22(27)24-20-15-19(7-8-21(20)25-9-1-2-10-25)32(28,29)26-11-13-30-14-12-26/h3-8,15H,1-2,9-14,16H2,(H,24,27). The van der Waals surface area contributed by atoms with Crippen LogP contribution in [-0.4, -0.2) is 64.6 Å². The van der Waals surface area contributed by atoms with Crippen molar-refractivity contribution < 1.29 is 22.7 Å². The number of carbonyl (C=O) groups is 1. The Balaban J connectivity index is 1.54. The molecule has 4 rings (SSSR count). The molecule has 0 unspecified atom stereocenters. The molecule has 0 atom stereocenters. The van der Waals surface area contributed by atoms with Gasteiger partial charge in [-0.05, 0) is 55.3 Å². The van der Waals surface area contributed by atoms with Gasteiger partial charge in [0.2, 0.25) is 10.0 Å². The highest BCUT2D eigenvalue weighted by Crippen LogP contribution is 2.32. The molecule has 1 amide bonds. The van der Waals surface area contributed by atoms with Gasteiger partial charge in [0.05, 0.1) is 29.5 Å². The van der Waals surface area contributed by atoms with E-state index >= 15 is 0 Å². The van der Waals surface area contributed by atoms with E-state index in [0.717, 1.165) is 31.6 Å². The zero-order chi connectivity index (χ0) is 22.6. The van der Waals surface area contributed by atoms with Crippen molar-refractivity contribution in [3.8, 4) is 5.75 Å². The zero-order valence-corrected chi connectivity index (χ0v) is 19.2. The van der Waals surface area contributed by atoms with Gasteiger partial charge in [-0.1, -0.05) is 11.6 Å². The quantitative estimate of drug-likeness (QED) is 0.656. The Morgan fingerprint density at radius 1 is 1.03 bits per heavy atom. The largest absolute Gasteiger partial charge is 0.484 e. The van der Waals surface area contributed by atoms with E-state index in [-0.39, 0.29) is 17.4 Å². The Labute approximate surface area is 193 Å². The lowest BCUT2D eigenvalue weighted by Gasteiger charge is -2.27. The molecule has 2 aromatic carbocycles. The first-order chi connectivity index (χ1) is 15.4. The first-order valence-electron chi connectivity index (χ1n) is 10.6. The van der Waals surface area contributed by atoms with Crippen LogP contribution in [0.3, 0.4) is 0 Å². The molecule has 2 aromatic rings. The van der Waals surface area contributed by atoms with E-state index in [2.05, 4.69) is 10.2 Å². The summed E-state index contributed by atoms with van der Waals surface area (Å²) in [4.78, 5) is 14.9. The van der Waals surface area contributed by atoms with Crippen LogP contribution in [0.15, 0.2) is 47.4 Å². The third-order valence-corrected chi connectivity index (χ3v) is 7.63. The molecule has 2 aliphatic rings. The van der Waals surface area contributed by atoms with E-state index in [1.54, 1.807) is 42.5 Å². The van der Waals surface area contributed by atoms with Gasteiger partial charge in [0.15, 0.2) is 6.61 Å². The van der Waals surface area contributed by atoms with Crippen molar-refractivity contribution in [2.75, 3.05) is 56.2 Å². The van der Waals surface area contributed by atoms with Gasteiger partial charge in [-0.2, -0.15) is 4.31 Å². The normalized spacial score (nSPS) is 17.3. The lowest BCUT2D eigenvalue weighted by Crippen LogP contribution is -2.40. The van der Waals surface area contributed by atoms with Gasteiger partial charge < -0.3 is 19.7 Å². The number of sulfonamides is 1. The minimum Gasteiger partial charge on any atom is -0.484 e. The molecule has 2 fully saturated rings. The zero-order valence-electron chi connectivity index (χ0n) is 17.6. The predicted octanol–water partition coefficient (Wildman–Crippen LogP) is 2.98. The van der Waals surface area contributed by atoms with Crippen LogP contribution in [0, 0.1) is 0 Å². The van der Waals surface area contributed by atoms with Crippen molar-refractivity contribution in [1.82, 2.24) is 4.31 Å². The maximum Gasteiger partial charge on any atom is 0.262 e. The highest BCUT2D eigenvalue weighted by atomic mass is 35.5. The first-order valence-corrected chi connectivity index (χ1v) is 12.4. The van der Waals surface area contributed by atoms with E-state index in [4.69, 9.17) is 21.1 Å². The SMILES string of the molecule is O=C(COc1ccc(Cl)cc1)Nc1cc(S(=O)(=O)N2CCOCC2)ccc1N1CCCC1. The van der Waals surface area contributed by atoms with Gasteiger partial charge in [-0.3, -0.25) is 4.79 Å². The van der Waals surface area contributed by atoms with Crippen molar-refractivity contribution in [2.24, 2.45) is 0 Å². The molecule has 2 aliphatic heterocycles. The Bertz CT molecular complexity index is 1050. The molecule has 0 radical (unpaired) electrons. The minimum atomic E-state index is -3.68. The van der Waals surface area contributed by atoms with E-state index in [0.29, 0.717) is 42.8 Å². The van der Waals surface area contributed by atoms with Gasteiger partial charge in [0, 0.05) is 31.2 Å². The molecule has 0 aromatic heterocycles. The van der Waals surface area contributed by atoms with Crippen molar-refractivity contribution in [3.63, 3.8) is 0 Å². The van der Waals surface area contributed by atoms with Crippen LogP contribution in [0.5, 0.6) is 5.75 Å². The second-order valence-electron chi connectivity index (χ2n) is 7.68. The van der Waals surface area contributed by atoms with E-state index in [1.165, 1.54) is 4.31 Å². The second-order valence-corrected chi connectivity index (χ2v) is 10.1. The van der Waals surface area contributed by atoms with Crippen LogP contribution in [0.4, 0.5) is 11.4 Å². The second kappa shape index (κ2) is 10.1. The third-order valence-electron chi connectivity index (χ3n) is 5.48. The van der Waals surface area contributed by atoms with E-state index < -0.39 is 10.0 Å². The number of nitrogens with one attached hydrogen (secondary N) is 1. The summed E-state index contributed by atoms with van der Waals surface area (Å²) >= 11 is 5.87. The number of rotatable bonds is 7. The third kappa shape index (κ3) is 5.35. The van der Waals surface area contributed by atoms with Crippen LogP contribution in [0.25, 0.3) is 0 Å². The van der Waals surface area contributed by atoms with Gasteiger partial charge in [-0.15, -0.1) is 0 Å². The summed E-state index contributed by atoms with van der Waals surface area (Å²) in [5.74, 6) is 0.147. The topological polar surface area (TPSA) is 88.2 Å². The molecule has 1 N–H and O–H groups in total. The summed E-state index contributed by atoms with van der Waals surface area (Å²) in [5, 5.41) is 3.42. The molecular formula is C22H26ClN3O5S. The maximum absolute atomic E-state index is 13.1.